The first-order valence-electron chi connectivity index (χ1n) is 8.75. The highest BCUT2D eigenvalue weighted by atomic mass is 16.5. The number of likely N-dealkylation sites (N-methyl/N-ethyl adjacent to an activating group) is 1. The van der Waals surface area contributed by atoms with Crippen molar-refractivity contribution >= 4 is 0 Å². The molecule has 1 unspecified atom stereocenters. The SMILES string of the molecule is CN(Cc1nccn1Cc1ccccc1)CC1Cc2ccccc2O1. The Balaban J connectivity index is 1.36. The number of rotatable bonds is 6. The Morgan fingerprint density at radius 2 is 1.92 bits per heavy atom. The number of benzene rings is 2. The average Bonchev–Trinajstić information content (AvgIpc) is 3.22. The van der Waals surface area contributed by atoms with E-state index in [9.17, 15) is 0 Å². The van der Waals surface area contributed by atoms with E-state index in [0.717, 1.165) is 37.6 Å². The average molecular weight is 333 g/mol. The first-order chi connectivity index (χ1) is 12.3. The molecule has 4 rings (SSSR count). The lowest BCUT2D eigenvalue weighted by Gasteiger charge is -2.21. The second-order valence-electron chi connectivity index (χ2n) is 6.71. The topological polar surface area (TPSA) is 30.3 Å². The minimum Gasteiger partial charge on any atom is -0.488 e. The van der Waals surface area contributed by atoms with Crippen molar-refractivity contribution in [1.29, 1.82) is 0 Å². The van der Waals surface area contributed by atoms with E-state index in [2.05, 4.69) is 70.2 Å². The molecular formula is C21H23N3O. The minimum atomic E-state index is 0.222. The molecule has 1 aliphatic heterocycles. The van der Waals surface area contributed by atoms with Crippen LogP contribution in [-0.4, -0.2) is 34.1 Å². The summed E-state index contributed by atoms with van der Waals surface area (Å²) in [7, 11) is 2.13. The molecule has 2 heterocycles. The lowest BCUT2D eigenvalue weighted by atomic mass is 10.1. The number of imidazole rings is 1. The smallest absolute Gasteiger partial charge is 0.123 e. The number of ether oxygens (including phenoxy) is 1. The van der Waals surface area contributed by atoms with Crippen LogP contribution >= 0.6 is 0 Å². The van der Waals surface area contributed by atoms with Crippen LogP contribution in [0, 0.1) is 0 Å². The van der Waals surface area contributed by atoms with Crippen molar-refractivity contribution in [2.24, 2.45) is 0 Å². The quantitative estimate of drug-likeness (QED) is 0.693. The first kappa shape index (κ1) is 15.9. The summed E-state index contributed by atoms with van der Waals surface area (Å²) in [6.45, 7) is 2.57. The highest BCUT2D eigenvalue weighted by Gasteiger charge is 2.23. The largest absolute Gasteiger partial charge is 0.488 e. The summed E-state index contributed by atoms with van der Waals surface area (Å²) in [6, 6.07) is 18.8. The summed E-state index contributed by atoms with van der Waals surface area (Å²) >= 11 is 0. The molecule has 0 saturated heterocycles. The Hall–Kier alpha value is -2.59. The van der Waals surface area contributed by atoms with E-state index in [4.69, 9.17) is 4.74 Å². The zero-order valence-corrected chi connectivity index (χ0v) is 14.5. The predicted octanol–water partition coefficient (Wildman–Crippen LogP) is 3.37. The lowest BCUT2D eigenvalue weighted by Crippen LogP contribution is -2.32. The van der Waals surface area contributed by atoms with Gasteiger partial charge in [0.2, 0.25) is 0 Å². The molecule has 1 atom stereocenters. The molecule has 4 nitrogen and oxygen atoms in total. The standard InChI is InChI=1S/C21H23N3O/c1-23(15-19-13-18-9-5-6-10-20(18)25-19)16-21-22-11-12-24(21)14-17-7-3-2-4-8-17/h2-12,19H,13-16H2,1H3. The van der Waals surface area contributed by atoms with Crippen LogP contribution < -0.4 is 4.74 Å². The summed E-state index contributed by atoms with van der Waals surface area (Å²) in [5.41, 5.74) is 2.60. The van der Waals surface area contributed by atoms with Gasteiger partial charge < -0.3 is 9.30 Å². The van der Waals surface area contributed by atoms with Crippen molar-refractivity contribution in [2.75, 3.05) is 13.6 Å². The van der Waals surface area contributed by atoms with E-state index in [1.807, 2.05) is 18.3 Å². The summed E-state index contributed by atoms with van der Waals surface area (Å²) in [4.78, 5) is 6.84. The molecule has 0 spiro atoms. The van der Waals surface area contributed by atoms with Crippen LogP contribution in [0.3, 0.4) is 0 Å². The monoisotopic (exact) mass is 333 g/mol. The molecule has 0 bridgehead atoms. The van der Waals surface area contributed by atoms with Crippen LogP contribution in [0.25, 0.3) is 0 Å². The molecule has 1 aliphatic rings. The zero-order valence-electron chi connectivity index (χ0n) is 14.5. The first-order valence-corrected chi connectivity index (χ1v) is 8.75. The number of para-hydroxylation sites is 1. The van der Waals surface area contributed by atoms with Gasteiger partial charge in [-0.15, -0.1) is 0 Å². The summed E-state index contributed by atoms with van der Waals surface area (Å²) in [5, 5.41) is 0. The van der Waals surface area contributed by atoms with E-state index in [1.165, 1.54) is 11.1 Å². The highest BCUT2D eigenvalue weighted by Crippen LogP contribution is 2.28. The van der Waals surface area contributed by atoms with Gasteiger partial charge in [-0.3, -0.25) is 4.90 Å². The fourth-order valence-corrected chi connectivity index (χ4v) is 3.43. The van der Waals surface area contributed by atoms with E-state index < -0.39 is 0 Å². The van der Waals surface area contributed by atoms with Crippen molar-refractivity contribution in [3.05, 3.63) is 83.9 Å². The van der Waals surface area contributed by atoms with Gasteiger partial charge in [0, 0.05) is 31.9 Å². The molecule has 1 aromatic heterocycles. The maximum atomic E-state index is 6.05. The van der Waals surface area contributed by atoms with Crippen molar-refractivity contribution < 1.29 is 4.74 Å². The van der Waals surface area contributed by atoms with Gasteiger partial charge in [0.1, 0.15) is 17.7 Å². The van der Waals surface area contributed by atoms with Crippen LogP contribution in [0.1, 0.15) is 17.0 Å². The zero-order chi connectivity index (χ0) is 17.1. The summed E-state index contributed by atoms with van der Waals surface area (Å²) in [6.07, 6.45) is 5.14. The molecule has 25 heavy (non-hydrogen) atoms. The number of aromatic nitrogens is 2. The van der Waals surface area contributed by atoms with E-state index in [0.29, 0.717) is 0 Å². The fraction of sp³-hybridized carbons (Fsp3) is 0.286. The van der Waals surface area contributed by atoms with Gasteiger partial charge in [-0.2, -0.15) is 0 Å². The third-order valence-electron chi connectivity index (χ3n) is 4.64. The Labute approximate surface area is 148 Å². The predicted molar refractivity (Wildman–Crippen MR) is 98.7 cm³/mol. The Morgan fingerprint density at radius 1 is 1.12 bits per heavy atom. The van der Waals surface area contributed by atoms with Gasteiger partial charge in [-0.1, -0.05) is 48.5 Å². The second-order valence-corrected chi connectivity index (χ2v) is 6.71. The summed E-state index contributed by atoms with van der Waals surface area (Å²) in [5.74, 6) is 2.12. The van der Waals surface area contributed by atoms with Crippen molar-refractivity contribution in [2.45, 2.75) is 25.6 Å². The van der Waals surface area contributed by atoms with Crippen LogP contribution in [0.2, 0.25) is 0 Å². The number of nitrogens with zero attached hydrogens (tertiary/aromatic N) is 3. The maximum absolute atomic E-state index is 6.05. The van der Waals surface area contributed by atoms with E-state index >= 15 is 0 Å². The molecule has 0 fully saturated rings. The van der Waals surface area contributed by atoms with E-state index in [-0.39, 0.29) is 6.10 Å². The molecule has 4 heteroatoms. The number of fused-ring (bicyclic) bond motifs is 1. The minimum absolute atomic E-state index is 0.222. The molecule has 2 aromatic carbocycles. The van der Waals surface area contributed by atoms with Gasteiger partial charge in [-0.25, -0.2) is 4.98 Å². The van der Waals surface area contributed by atoms with Crippen LogP contribution in [0.4, 0.5) is 0 Å². The van der Waals surface area contributed by atoms with Gasteiger partial charge in [0.15, 0.2) is 0 Å². The van der Waals surface area contributed by atoms with Crippen LogP contribution in [0.5, 0.6) is 5.75 Å². The molecule has 0 N–H and O–H groups in total. The molecule has 0 radical (unpaired) electrons. The Morgan fingerprint density at radius 3 is 2.76 bits per heavy atom. The van der Waals surface area contributed by atoms with Crippen LogP contribution in [-0.2, 0) is 19.5 Å². The van der Waals surface area contributed by atoms with Gasteiger partial charge in [0.25, 0.3) is 0 Å². The third kappa shape index (κ3) is 3.74. The van der Waals surface area contributed by atoms with Gasteiger partial charge in [0.05, 0.1) is 6.54 Å². The summed E-state index contributed by atoms with van der Waals surface area (Å²) < 4.78 is 8.27. The molecule has 0 saturated carbocycles. The Kier molecular flexibility index (Phi) is 4.53. The van der Waals surface area contributed by atoms with Gasteiger partial charge in [-0.05, 0) is 24.2 Å². The molecule has 0 amide bonds. The van der Waals surface area contributed by atoms with E-state index in [1.54, 1.807) is 0 Å². The molecule has 0 aliphatic carbocycles. The second kappa shape index (κ2) is 7.11. The molecular weight excluding hydrogens is 310 g/mol. The lowest BCUT2D eigenvalue weighted by molar-refractivity contribution is 0.162. The number of hydrogen-bond acceptors (Lipinski definition) is 3. The Bertz CT molecular complexity index is 803. The van der Waals surface area contributed by atoms with Crippen molar-refractivity contribution in [3.8, 4) is 5.75 Å². The maximum Gasteiger partial charge on any atom is 0.123 e. The van der Waals surface area contributed by atoms with Crippen molar-refractivity contribution in [3.63, 3.8) is 0 Å². The normalized spacial score (nSPS) is 16.0. The fourth-order valence-electron chi connectivity index (χ4n) is 3.43. The van der Waals surface area contributed by atoms with Crippen LogP contribution in [0.15, 0.2) is 67.0 Å². The molecule has 128 valence electrons. The molecule has 3 aromatic rings. The van der Waals surface area contributed by atoms with Crippen molar-refractivity contribution in [1.82, 2.24) is 14.5 Å². The highest BCUT2D eigenvalue weighted by molar-refractivity contribution is 5.37. The number of hydrogen-bond donors (Lipinski definition) is 0. The van der Waals surface area contributed by atoms with Gasteiger partial charge >= 0.3 is 0 Å². The third-order valence-corrected chi connectivity index (χ3v) is 4.64.